The van der Waals surface area contributed by atoms with Crippen LogP contribution in [0.4, 0.5) is 0 Å². The Balaban J connectivity index is 1.45. The first-order chi connectivity index (χ1) is 8.85. The molecule has 3 rings (SSSR count). The van der Waals surface area contributed by atoms with E-state index in [4.69, 9.17) is 0 Å². The SMILES string of the molecule is CCc1ccc(CNC2CCN(C3CC3)C2)cc1. The van der Waals surface area contributed by atoms with E-state index in [2.05, 4.69) is 41.4 Å². The molecule has 98 valence electrons. The zero-order chi connectivity index (χ0) is 12.4. The predicted octanol–water partition coefficient (Wildman–Crippen LogP) is 2.58. The number of nitrogens with one attached hydrogen (secondary N) is 1. The molecule has 1 saturated heterocycles. The average molecular weight is 244 g/mol. The first kappa shape index (κ1) is 12.2. The van der Waals surface area contributed by atoms with E-state index in [-0.39, 0.29) is 0 Å². The van der Waals surface area contributed by atoms with Crippen LogP contribution >= 0.6 is 0 Å². The molecule has 0 spiro atoms. The van der Waals surface area contributed by atoms with Gasteiger partial charge in [-0.05, 0) is 36.8 Å². The topological polar surface area (TPSA) is 15.3 Å². The lowest BCUT2D eigenvalue weighted by molar-refractivity contribution is 0.317. The maximum Gasteiger partial charge on any atom is 0.0210 e. The van der Waals surface area contributed by atoms with Crippen molar-refractivity contribution in [3.63, 3.8) is 0 Å². The summed E-state index contributed by atoms with van der Waals surface area (Å²) in [7, 11) is 0. The van der Waals surface area contributed by atoms with Gasteiger partial charge in [-0.25, -0.2) is 0 Å². The Morgan fingerprint density at radius 3 is 2.50 bits per heavy atom. The van der Waals surface area contributed by atoms with Crippen LogP contribution in [0.1, 0.15) is 37.3 Å². The molecule has 2 nitrogen and oxygen atoms in total. The summed E-state index contributed by atoms with van der Waals surface area (Å²) in [6.45, 7) is 5.79. The third kappa shape index (κ3) is 2.93. The summed E-state index contributed by atoms with van der Waals surface area (Å²) in [4.78, 5) is 2.66. The Morgan fingerprint density at radius 1 is 1.11 bits per heavy atom. The maximum absolute atomic E-state index is 3.71. The molecule has 2 aliphatic rings. The molecule has 0 bridgehead atoms. The van der Waals surface area contributed by atoms with Crippen LogP contribution in [0.15, 0.2) is 24.3 Å². The Bertz CT molecular complexity index is 381. The fourth-order valence-electron chi connectivity index (χ4n) is 2.88. The molecule has 1 aliphatic carbocycles. The number of hydrogen-bond acceptors (Lipinski definition) is 2. The highest BCUT2D eigenvalue weighted by Crippen LogP contribution is 2.29. The fraction of sp³-hybridized carbons (Fsp3) is 0.625. The Kier molecular flexibility index (Phi) is 3.67. The van der Waals surface area contributed by atoms with Gasteiger partial charge < -0.3 is 5.32 Å². The smallest absolute Gasteiger partial charge is 0.0210 e. The Labute approximate surface area is 110 Å². The van der Waals surface area contributed by atoms with Crippen LogP contribution < -0.4 is 5.32 Å². The molecule has 2 heteroatoms. The van der Waals surface area contributed by atoms with Crippen molar-refractivity contribution in [2.45, 2.75) is 51.2 Å². The summed E-state index contributed by atoms with van der Waals surface area (Å²) in [5.41, 5.74) is 2.84. The highest BCUT2D eigenvalue weighted by Gasteiger charge is 2.33. The van der Waals surface area contributed by atoms with Gasteiger partial charge in [0.25, 0.3) is 0 Å². The number of hydrogen-bond donors (Lipinski definition) is 1. The fourth-order valence-corrected chi connectivity index (χ4v) is 2.88. The van der Waals surface area contributed by atoms with Crippen LogP contribution in [0, 0.1) is 0 Å². The highest BCUT2D eigenvalue weighted by molar-refractivity contribution is 5.22. The molecule has 1 aliphatic heterocycles. The number of nitrogens with zero attached hydrogens (tertiary/aromatic N) is 1. The third-order valence-electron chi connectivity index (χ3n) is 4.31. The molecule has 1 N–H and O–H groups in total. The molecular formula is C16H24N2. The van der Waals surface area contributed by atoms with E-state index in [1.807, 2.05) is 0 Å². The summed E-state index contributed by atoms with van der Waals surface area (Å²) >= 11 is 0. The predicted molar refractivity (Wildman–Crippen MR) is 75.7 cm³/mol. The van der Waals surface area contributed by atoms with Crippen LogP contribution in [0.2, 0.25) is 0 Å². The first-order valence-electron chi connectivity index (χ1n) is 7.40. The Hall–Kier alpha value is -0.860. The summed E-state index contributed by atoms with van der Waals surface area (Å²) in [5.74, 6) is 0. The first-order valence-corrected chi connectivity index (χ1v) is 7.40. The van der Waals surface area contributed by atoms with Crippen molar-refractivity contribution in [2.24, 2.45) is 0 Å². The average Bonchev–Trinajstić information content (AvgIpc) is 3.16. The van der Waals surface area contributed by atoms with Gasteiger partial charge in [-0.2, -0.15) is 0 Å². The van der Waals surface area contributed by atoms with Gasteiger partial charge in [-0.15, -0.1) is 0 Å². The molecule has 1 atom stereocenters. The van der Waals surface area contributed by atoms with E-state index in [1.165, 1.54) is 43.5 Å². The molecule has 0 amide bonds. The van der Waals surface area contributed by atoms with Crippen molar-refractivity contribution in [3.05, 3.63) is 35.4 Å². The van der Waals surface area contributed by atoms with E-state index >= 15 is 0 Å². The molecule has 1 heterocycles. The minimum atomic E-state index is 0.705. The van der Waals surface area contributed by atoms with Gasteiger partial charge in [0.2, 0.25) is 0 Å². The minimum absolute atomic E-state index is 0.705. The van der Waals surface area contributed by atoms with Crippen LogP contribution in [-0.2, 0) is 13.0 Å². The van der Waals surface area contributed by atoms with Crippen LogP contribution in [0.3, 0.4) is 0 Å². The lowest BCUT2D eigenvalue weighted by Crippen LogP contribution is -2.32. The monoisotopic (exact) mass is 244 g/mol. The van der Waals surface area contributed by atoms with Gasteiger partial charge >= 0.3 is 0 Å². The summed E-state index contributed by atoms with van der Waals surface area (Å²) in [6, 6.07) is 10.7. The van der Waals surface area contributed by atoms with Crippen molar-refractivity contribution in [1.82, 2.24) is 10.2 Å². The quantitative estimate of drug-likeness (QED) is 0.856. The highest BCUT2D eigenvalue weighted by atomic mass is 15.2. The summed E-state index contributed by atoms with van der Waals surface area (Å²) < 4.78 is 0. The normalized spacial score (nSPS) is 24.6. The molecule has 1 aromatic rings. The Morgan fingerprint density at radius 2 is 1.83 bits per heavy atom. The standard InChI is InChI=1S/C16H24N2/c1-2-13-3-5-14(6-4-13)11-17-15-9-10-18(12-15)16-7-8-16/h3-6,15-17H,2,7-12H2,1H3. The second-order valence-corrected chi connectivity index (χ2v) is 5.76. The van der Waals surface area contributed by atoms with Gasteiger partial charge in [0.05, 0.1) is 0 Å². The second kappa shape index (κ2) is 5.41. The van der Waals surface area contributed by atoms with Crippen molar-refractivity contribution in [1.29, 1.82) is 0 Å². The van der Waals surface area contributed by atoms with Crippen LogP contribution in [-0.4, -0.2) is 30.1 Å². The van der Waals surface area contributed by atoms with Gasteiger partial charge in [0.1, 0.15) is 0 Å². The summed E-state index contributed by atoms with van der Waals surface area (Å²) in [5, 5.41) is 3.71. The van der Waals surface area contributed by atoms with Gasteiger partial charge in [-0.3, -0.25) is 4.90 Å². The number of aryl methyl sites for hydroxylation is 1. The van der Waals surface area contributed by atoms with Crippen molar-refractivity contribution in [2.75, 3.05) is 13.1 Å². The van der Waals surface area contributed by atoms with E-state index in [0.29, 0.717) is 6.04 Å². The zero-order valence-electron chi connectivity index (χ0n) is 11.4. The van der Waals surface area contributed by atoms with Gasteiger partial charge in [0.15, 0.2) is 0 Å². The van der Waals surface area contributed by atoms with Gasteiger partial charge in [-0.1, -0.05) is 31.2 Å². The van der Waals surface area contributed by atoms with Crippen LogP contribution in [0.5, 0.6) is 0 Å². The lowest BCUT2D eigenvalue weighted by atomic mass is 10.1. The molecule has 18 heavy (non-hydrogen) atoms. The largest absolute Gasteiger partial charge is 0.309 e. The van der Waals surface area contributed by atoms with Crippen molar-refractivity contribution >= 4 is 0 Å². The molecule has 1 aromatic carbocycles. The van der Waals surface area contributed by atoms with E-state index < -0.39 is 0 Å². The number of benzene rings is 1. The van der Waals surface area contributed by atoms with Crippen LogP contribution in [0.25, 0.3) is 0 Å². The number of rotatable bonds is 5. The lowest BCUT2D eigenvalue weighted by Gasteiger charge is -2.15. The van der Waals surface area contributed by atoms with Crippen molar-refractivity contribution in [3.8, 4) is 0 Å². The van der Waals surface area contributed by atoms with E-state index in [0.717, 1.165) is 19.0 Å². The molecule has 0 radical (unpaired) electrons. The molecule has 0 aromatic heterocycles. The van der Waals surface area contributed by atoms with Gasteiger partial charge in [0, 0.05) is 31.7 Å². The molecule has 1 unspecified atom stereocenters. The molecule has 1 saturated carbocycles. The maximum atomic E-state index is 3.71. The van der Waals surface area contributed by atoms with E-state index in [9.17, 15) is 0 Å². The van der Waals surface area contributed by atoms with E-state index in [1.54, 1.807) is 0 Å². The number of likely N-dealkylation sites (tertiary alicyclic amines) is 1. The van der Waals surface area contributed by atoms with Crippen molar-refractivity contribution < 1.29 is 0 Å². The second-order valence-electron chi connectivity index (χ2n) is 5.76. The summed E-state index contributed by atoms with van der Waals surface area (Å²) in [6.07, 6.45) is 5.33. The molecule has 2 fully saturated rings. The zero-order valence-corrected chi connectivity index (χ0v) is 11.4. The third-order valence-corrected chi connectivity index (χ3v) is 4.31. The minimum Gasteiger partial charge on any atom is -0.309 e. The molecular weight excluding hydrogens is 220 g/mol.